The smallest absolute Gasteiger partial charge is 0.0161 e. The first-order valence-corrected chi connectivity index (χ1v) is 8.52. The summed E-state index contributed by atoms with van der Waals surface area (Å²) in [5.41, 5.74) is 0. The zero-order valence-electron chi connectivity index (χ0n) is 5.71. The van der Waals surface area contributed by atoms with E-state index < -0.39 is 0 Å². The van der Waals surface area contributed by atoms with Crippen LogP contribution in [0.25, 0.3) is 0 Å². The molecule has 0 atom stereocenters. The summed E-state index contributed by atoms with van der Waals surface area (Å²) >= 11 is 0. The Morgan fingerprint density at radius 2 is 1.57 bits per heavy atom. The highest BCUT2D eigenvalue weighted by Gasteiger charge is 1.85. The second kappa shape index (κ2) is 3.44. The average molecular weight is 130 g/mol. The second-order valence-electron chi connectivity index (χ2n) is 2.13. The highest BCUT2D eigenvalue weighted by atomic mass is 28.9. The van der Waals surface area contributed by atoms with Crippen molar-refractivity contribution in [3.63, 3.8) is 0 Å². The van der Waals surface area contributed by atoms with Gasteiger partial charge in [-0.3, -0.25) is 0 Å². The van der Waals surface area contributed by atoms with Crippen LogP contribution in [0.5, 0.6) is 0 Å². The van der Waals surface area contributed by atoms with E-state index in [0.29, 0.717) is 0 Å². The molecule has 0 rings (SSSR count). The van der Waals surface area contributed by atoms with Crippen LogP contribution in [0.4, 0.5) is 0 Å². The molecule has 0 fully saturated rings. The first kappa shape index (κ1) is 7.43. The van der Waals surface area contributed by atoms with Gasteiger partial charge in [0.05, 0.1) is 0 Å². The lowest BCUT2D eigenvalue weighted by atomic mass is 11.0. The monoisotopic (exact) mass is 130 g/mol. The van der Waals surface area contributed by atoms with Crippen LogP contribution >= 0.6 is 0 Å². The zero-order valence-corrected chi connectivity index (χ0v) is 7.71. The minimum atomic E-state index is 0.139. The van der Waals surface area contributed by atoms with Gasteiger partial charge in [-0.25, -0.2) is 0 Å². The maximum atomic E-state index is 2.44. The first-order chi connectivity index (χ1) is 3.18. The molecular weight excluding hydrogens is 116 g/mol. The van der Waals surface area contributed by atoms with Crippen molar-refractivity contribution < 1.29 is 0 Å². The summed E-state index contributed by atoms with van der Waals surface area (Å²) < 4.78 is 0. The van der Waals surface area contributed by atoms with Crippen molar-refractivity contribution in [3.05, 3.63) is 0 Å². The zero-order chi connectivity index (χ0) is 5.86. The molecule has 0 bridgehead atoms. The lowest BCUT2D eigenvalue weighted by molar-refractivity contribution is 1.45. The van der Waals surface area contributed by atoms with Crippen LogP contribution in [-0.4, -0.2) is 15.8 Å². The van der Waals surface area contributed by atoms with Gasteiger partial charge in [-0.2, -0.15) is 0 Å². The molecule has 0 aromatic heterocycles. The van der Waals surface area contributed by atoms with Crippen molar-refractivity contribution in [2.24, 2.45) is 0 Å². The number of hydrogen-bond donors (Lipinski definition) is 0. The van der Waals surface area contributed by atoms with E-state index in [0.717, 1.165) is 0 Å². The van der Waals surface area contributed by atoms with Crippen molar-refractivity contribution in [3.8, 4) is 0 Å². The van der Waals surface area contributed by atoms with E-state index >= 15 is 0 Å². The molecule has 2 heteroatoms. The van der Waals surface area contributed by atoms with Gasteiger partial charge in [-0.05, 0) is 15.8 Å². The van der Waals surface area contributed by atoms with E-state index in [1.807, 2.05) is 0 Å². The molecule has 0 N–H and O–H groups in total. The molecule has 0 saturated heterocycles. The van der Waals surface area contributed by atoms with E-state index in [4.69, 9.17) is 0 Å². The fraction of sp³-hybridized carbons (Fsp3) is 1.00. The summed E-state index contributed by atoms with van der Waals surface area (Å²) in [6.45, 7) is 9.59. The Bertz CT molecular complexity index is 80.1. The fourth-order valence-electron chi connectivity index (χ4n) is 0.354. The van der Waals surface area contributed by atoms with Gasteiger partial charge >= 0.3 is 0 Å². The highest BCUT2D eigenvalue weighted by molar-refractivity contribution is 6.94. The third kappa shape index (κ3) is 3.06. The van der Waals surface area contributed by atoms with Crippen molar-refractivity contribution in [2.45, 2.75) is 32.6 Å². The Morgan fingerprint density at radius 3 is 1.57 bits per heavy atom. The van der Waals surface area contributed by atoms with Gasteiger partial charge < -0.3 is 0 Å². The Balaban J connectivity index is 3.72. The molecule has 0 aliphatic heterocycles. The van der Waals surface area contributed by atoms with Crippen molar-refractivity contribution in [1.29, 1.82) is 0 Å². The largest absolute Gasteiger partial charge is 0.0652 e. The summed E-state index contributed by atoms with van der Waals surface area (Å²) in [7, 11) is 0.294. The Labute approximate surface area is 49.1 Å². The molecule has 7 heavy (non-hydrogen) atoms. The van der Waals surface area contributed by atoms with Crippen LogP contribution in [0, 0.1) is 0 Å². The Kier molecular flexibility index (Phi) is 3.65. The molecule has 0 amide bonds. The first-order valence-electron chi connectivity index (χ1n) is 2.81. The standard InChI is InChI=1S/C5H14Si2/c1-5-7(4)6(2)3/h5H2,1-4H3. The van der Waals surface area contributed by atoms with E-state index in [2.05, 4.69) is 26.6 Å². The average Bonchev–Trinajstić information content (AvgIpc) is 1.65. The summed E-state index contributed by atoms with van der Waals surface area (Å²) in [6, 6.07) is 1.46. The van der Waals surface area contributed by atoms with Gasteiger partial charge in [0.2, 0.25) is 0 Å². The van der Waals surface area contributed by atoms with Crippen LogP contribution < -0.4 is 0 Å². The predicted molar refractivity (Wildman–Crippen MR) is 39.6 cm³/mol. The topological polar surface area (TPSA) is 0 Å². The summed E-state index contributed by atoms with van der Waals surface area (Å²) in [4.78, 5) is 0. The van der Waals surface area contributed by atoms with Gasteiger partial charge in [0.15, 0.2) is 0 Å². The van der Waals surface area contributed by atoms with E-state index in [1.54, 1.807) is 0 Å². The molecule has 0 aromatic carbocycles. The third-order valence-corrected chi connectivity index (χ3v) is 10.3. The van der Waals surface area contributed by atoms with Crippen LogP contribution in [0.1, 0.15) is 6.92 Å². The minimum absolute atomic E-state index is 0.139. The van der Waals surface area contributed by atoms with Crippen molar-refractivity contribution in [2.75, 3.05) is 0 Å². The number of hydrogen-bond acceptors (Lipinski definition) is 0. The van der Waals surface area contributed by atoms with Gasteiger partial charge in [-0.1, -0.05) is 32.6 Å². The highest BCUT2D eigenvalue weighted by Crippen LogP contribution is 1.81. The molecule has 0 aliphatic carbocycles. The van der Waals surface area contributed by atoms with E-state index in [9.17, 15) is 0 Å². The van der Waals surface area contributed by atoms with Crippen molar-refractivity contribution >= 4 is 15.8 Å². The molecule has 42 valence electrons. The molecule has 0 aromatic rings. The lowest BCUT2D eigenvalue weighted by Crippen LogP contribution is -2.03. The molecule has 0 nitrogen and oxygen atoms in total. The van der Waals surface area contributed by atoms with Crippen LogP contribution in [0.3, 0.4) is 0 Å². The second-order valence-corrected chi connectivity index (χ2v) is 12.0. The maximum Gasteiger partial charge on any atom is -0.0161 e. The van der Waals surface area contributed by atoms with Crippen LogP contribution in [0.2, 0.25) is 25.7 Å². The summed E-state index contributed by atoms with van der Waals surface area (Å²) in [5, 5.41) is 0. The molecular formula is C5H14Si2. The van der Waals surface area contributed by atoms with E-state index in [1.165, 1.54) is 6.04 Å². The van der Waals surface area contributed by atoms with Gasteiger partial charge in [0.1, 0.15) is 0 Å². The fourth-order valence-corrected chi connectivity index (χ4v) is 3.18. The normalized spacial score (nSPS) is 8.57. The van der Waals surface area contributed by atoms with Crippen LogP contribution in [0.15, 0.2) is 0 Å². The summed E-state index contributed by atoms with van der Waals surface area (Å²) in [5.74, 6) is 0. The SMILES string of the molecule is CC[Si](C)=[Si](C)C. The Hall–Kier alpha value is 0.434. The van der Waals surface area contributed by atoms with Crippen LogP contribution in [-0.2, 0) is 0 Å². The number of rotatable bonds is 1. The molecule has 0 saturated carbocycles. The van der Waals surface area contributed by atoms with Gasteiger partial charge in [0, 0.05) is 0 Å². The molecule has 0 unspecified atom stereocenters. The van der Waals surface area contributed by atoms with Gasteiger partial charge in [-0.15, -0.1) is 0 Å². The molecule has 0 heterocycles. The predicted octanol–water partition coefficient (Wildman–Crippen LogP) is 1.96. The van der Waals surface area contributed by atoms with Crippen molar-refractivity contribution in [1.82, 2.24) is 0 Å². The third-order valence-electron chi connectivity index (χ3n) is 1.38. The maximum absolute atomic E-state index is 2.44. The lowest BCUT2D eigenvalue weighted by Gasteiger charge is -1.92. The Morgan fingerprint density at radius 1 is 1.14 bits per heavy atom. The minimum Gasteiger partial charge on any atom is -0.0652 e. The molecule has 0 aliphatic rings. The summed E-state index contributed by atoms with van der Waals surface area (Å²) in [6.07, 6.45) is 0. The van der Waals surface area contributed by atoms with Gasteiger partial charge in [0.25, 0.3) is 0 Å². The quantitative estimate of drug-likeness (QED) is 0.476. The molecule has 0 spiro atoms. The molecule has 0 radical (unpaired) electrons. The van der Waals surface area contributed by atoms with E-state index in [-0.39, 0.29) is 15.8 Å².